The Kier molecular flexibility index (Phi) is 5.36. The van der Waals surface area contributed by atoms with Gasteiger partial charge in [0.1, 0.15) is 5.82 Å². The van der Waals surface area contributed by atoms with E-state index in [4.69, 9.17) is 14.2 Å². The Labute approximate surface area is 150 Å². The standard InChI is InChI=1S/C19H18FNO5/c1-2-21(10-13-4-3-5-15(20)8-13)18(22)11-24-19(23)14-6-7-16-17(9-14)26-12-25-16/h3-9H,2,10-12H2,1H3. The number of nitrogens with zero attached hydrogens (tertiary/aromatic N) is 1. The maximum atomic E-state index is 13.3. The van der Waals surface area contributed by atoms with Gasteiger partial charge in [-0.1, -0.05) is 12.1 Å². The molecule has 0 fully saturated rings. The summed E-state index contributed by atoms with van der Waals surface area (Å²) in [6, 6.07) is 10.7. The minimum Gasteiger partial charge on any atom is -0.454 e. The normalized spacial score (nSPS) is 11.9. The van der Waals surface area contributed by atoms with Crippen LogP contribution in [0.15, 0.2) is 42.5 Å². The number of ether oxygens (including phenoxy) is 3. The van der Waals surface area contributed by atoms with Crippen LogP contribution in [0.1, 0.15) is 22.8 Å². The van der Waals surface area contributed by atoms with Crippen LogP contribution in [0.2, 0.25) is 0 Å². The molecule has 2 aromatic carbocycles. The molecule has 0 saturated carbocycles. The summed E-state index contributed by atoms with van der Waals surface area (Å²) in [5, 5.41) is 0. The molecule has 136 valence electrons. The third kappa shape index (κ3) is 4.11. The first-order valence-corrected chi connectivity index (χ1v) is 8.16. The second kappa shape index (κ2) is 7.86. The maximum absolute atomic E-state index is 13.3. The fraction of sp³-hybridized carbons (Fsp3) is 0.263. The number of hydrogen-bond donors (Lipinski definition) is 0. The summed E-state index contributed by atoms with van der Waals surface area (Å²) in [4.78, 5) is 25.9. The molecule has 0 N–H and O–H groups in total. The molecule has 1 heterocycles. The van der Waals surface area contributed by atoms with Crippen LogP contribution in [0.5, 0.6) is 11.5 Å². The fourth-order valence-electron chi connectivity index (χ4n) is 2.56. The van der Waals surface area contributed by atoms with E-state index in [1.807, 2.05) is 0 Å². The zero-order chi connectivity index (χ0) is 18.5. The quantitative estimate of drug-likeness (QED) is 0.742. The molecular formula is C19H18FNO5. The Morgan fingerprint density at radius 3 is 2.73 bits per heavy atom. The predicted octanol–water partition coefficient (Wildman–Crippen LogP) is 2.76. The Morgan fingerprint density at radius 2 is 1.96 bits per heavy atom. The van der Waals surface area contributed by atoms with Crippen molar-refractivity contribution in [1.82, 2.24) is 4.90 Å². The number of rotatable bonds is 6. The number of carbonyl (C=O) groups excluding carboxylic acids is 2. The van der Waals surface area contributed by atoms with Gasteiger partial charge >= 0.3 is 5.97 Å². The molecule has 1 amide bonds. The third-order valence-electron chi connectivity index (χ3n) is 3.93. The molecule has 1 aliphatic rings. The van der Waals surface area contributed by atoms with Crippen LogP contribution in [0, 0.1) is 5.82 Å². The lowest BCUT2D eigenvalue weighted by Crippen LogP contribution is -2.34. The van der Waals surface area contributed by atoms with Crippen LogP contribution >= 0.6 is 0 Å². The molecule has 0 aromatic heterocycles. The third-order valence-corrected chi connectivity index (χ3v) is 3.93. The molecule has 0 bridgehead atoms. The highest BCUT2D eigenvalue weighted by atomic mass is 19.1. The minimum absolute atomic E-state index is 0.109. The van der Waals surface area contributed by atoms with Gasteiger partial charge in [-0.2, -0.15) is 0 Å². The summed E-state index contributed by atoms with van der Waals surface area (Å²) in [6.07, 6.45) is 0. The average molecular weight is 359 g/mol. The van der Waals surface area contributed by atoms with E-state index in [1.165, 1.54) is 23.1 Å². The Balaban J connectivity index is 1.57. The number of likely N-dealkylation sites (N-methyl/N-ethyl adjacent to an activating group) is 1. The number of carbonyl (C=O) groups is 2. The predicted molar refractivity (Wildman–Crippen MR) is 90.3 cm³/mol. The SMILES string of the molecule is CCN(Cc1cccc(F)c1)C(=O)COC(=O)c1ccc2c(c1)OCO2. The molecule has 2 aromatic rings. The van der Waals surface area contributed by atoms with E-state index in [0.29, 0.717) is 23.6 Å². The van der Waals surface area contributed by atoms with Crippen LogP contribution in [-0.4, -0.2) is 36.7 Å². The Hall–Kier alpha value is -3.09. The fourth-order valence-corrected chi connectivity index (χ4v) is 2.56. The Bertz CT molecular complexity index is 823. The van der Waals surface area contributed by atoms with Gasteiger partial charge in [0.05, 0.1) is 5.56 Å². The molecule has 6 nitrogen and oxygen atoms in total. The van der Waals surface area contributed by atoms with Crippen molar-refractivity contribution in [3.05, 3.63) is 59.4 Å². The van der Waals surface area contributed by atoms with Crippen molar-refractivity contribution in [1.29, 1.82) is 0 Å². The molecule has 0 unspecified atom stereocenters. The zero-order valence-corrected chi connectivity index (χ0v) is 14.2. The number of fused-ring (bicyclic) bond motifs is 1. The second-order valence-electron chi connectivity index (χ2n) is 5.68. The minimum atomic E-state index is -0.626. The summed E-state index contributed by atoms with van der Waals surface area (Å²) in [6.45, 7) is 2.18. The maximum Gasteiger partial charge on any atom is 0.338 e. The van der Waals surface area contributed by atoms with Crippen LogP contribution in [0.3, 0.4) is 0 Å². The highest BCUT2D eigenvalue weighted by Crippen LogP contribution is 2.32. The van der Waals surface area contributed by atoms with Gasteiger partial charge in [0.15, 0.2) is 18.1 Å². The van der Waals surface area contributed by atoms with Crippen LogP contribution in [-0.2, 0) is 16.1 Å². The molecule has 1 aliphatic heterocycles. The summed E-state index contributed by atoms with van der Waals surface area (Å²) < 4.78 is 28.8. The van der Waals surface area contributed by atoms with Gasteiger partial charge in [-0.3, -0.25) is 4.79 Å². The van der Waals surface area contributed by atoms with Gasteiger partial charge in [-0.05, 0) is 42.8 Å². The molecule has 0 saturated heterocycles. The van der Waals surface area contributed by atoms with E-state index in [2.05, 4.69) is 0 Å². The molecule has 0 aliphatic carbocycles. The number of esters is 1. The zero-order valence-electron chi connectivity index (χ0n) is 14.2. The van der Waals surface area contributed by atoms with E-state index in [0.717, 1.165) is 0 Å². The smallest absolute Gasteiger partial charge is 0.338 e. The van der Waals surface area contributed by atoms with Crippen molar-refractivity contribution >= 4 is 11.9 Å². The lowest BCUT2D eigenvalue weighted by molar-refractivity contribution is -0.134. The summed E-state index contributed by atoms with van der Waals surface area (Å²) >= 11 is 0. The number of halogens is 1. The highest BCUT2D eigenvalue weighted by Gasteiger charge is 2.19. The monoisotopic (exact) mass is 359 g/mol. The van der Waals surface area contributed by atoms with E-state index < -0.39 is 12.6 Å². The van der Waals surface area contributed by atoms with Gasteiger partial charge < -0.3 is 19.1 Å². The van der Waals surface area contributed by atoms with Crippen molar-refractivity contribution in [2.75, 3.05) is 19.9 Å². The molecular weight excluding hydrogens is 341 g/mol. The van der Waals surface area contributed by atoms with E-state index in [-0.39, 0.29) is 30.6 Å². The van der Waals surface area contributed by atoms with E-state index in [1.54, 1.807) is 31.2 Å². The summed E-state index contributed by atoms with van der Waals surface area (Å²) in [5.41, 5.74) is 0.942. The van der Waals surface area contributed by atoms with Crippen molar-refractivity contribution < 1.29 is 28.2 Å². The molecule has 3 rings (SSSR count). The van der Waals surface area contributed by atoms with Crippen molar-refractivity contribution in [2.24, 2.45) is 0 Å². The van der Waals surface area contributed by atoms with Crippen LogP contribution in [0.4, 0.5) is 4.39 Å². The van der Waals surface area contributed by atoms with Gasteiger partial charge in [-0.25, -0.2) is 9.18 Å². The van der Waals surface area contributed by atoms with Crippen molar-refractivity contribution in [3.63, 3.8) is 0 Å². The first-order valence-electron chi connectivity index (χ1n) is 8.16. The second-order valence-corrected chi connectivity index (χ2v) is 5.68. The lowest BCUT2D eigenvalue weighted by Gasteiger charge is -2.21. The average Bonchev–Trinajstić information content (AvgIpc) is 3.11. The summed E-state index contributed by atoms with van der Waals surface area (Å²) in [7, 11) is 0. The van der Waals surface area contributed by atoms with Gasteiger partial charge in [-0.15, -0.1) is 0 Å². The van der Waals surface area contributed by atoms with Crippen LogP contribution in [0.25, 0.3) is 0 Å². The van der Waals surface area contributed by atoms with Gasteiger partial charge in [0, 0.05) is 13.1 Å². The summed E-state index contributed by atoms with van der Waals surface area (Å²) in [5.74, 6) is -0.318. The first kappa shape index (κ1) is 17.7. The molecule has 0 spiro atoms. The van der Waals surface area contributed by atoms with Crippen molar-refractivity contribution in [3.8, 4) is 11.5 Å². The van der Waals surface area contributed by atoms with Gasteiger partial charge in [0.2, 0.25) is 6.79 Å². The largest absolute Gasteiger partial charge is 0.454 e. The molecule has 26 heavy (non-hydrogen) atoms. The van der Waals surface area contributed by atoms with E-state index >= 15 is 0 Å². The first-order chi connectivity index (χ1) is 12.6. The molecule has 0 radical (unpaired) electrons. The number of hydrogen-bond acceptors (Lipinski definition) is 5. The molecule has 7 heteroatoms. The highest BCUT2D eigenvalue weighted by molar-refractivity contribution is 5.92. The van der Waals surface area contributed by atoms with Gasteiger partial charge in [0.25, 0.3) is 5.91 Å². The molecule has 0 atom stereocenters. The topological polar surface area (TPSA) is 65.1 Å². The van der Waals surface area contributed by atoms with E-state index in [9.17, 15) is 14.0 Å². The van der Waals surface area contributed by atoms with Crippen LogP contribution < -0.4 is 9.47 Å². The number of amides is 1. The Morgan fingerprint density at radius 1 is 1.15 bits per heavy atom. The lowest BCUT2D eigenvalue weighted by atomic mass is 10.2. The van der Waals surface area contributed by atoms with Crippen molar-refractivity contribution in [2.45, 2.75) is 13.5 Å². The number of benzene rings is 2.